The van der Waals surface area contributed by atoms with Crippen molar-refractivity contribution < 1.29 is 10.2 Å². The average molecular weight is 130 g/mol. The Labute approximate surface area is 55.8 Å². The molecule has 0 heterocycles. The molecule has 2 N–H and O–H groups in total. The Bertz CT molecular complexity index is 97.1. The van der Waals surface area contributed by atoms with Crippen molar-refractivity contribution in [1.82, 2.24) is 0 Å². The van der Waals surface area contributed by atoms with Crippen LogP contribution in [0.4, 0.5) is 0 Å². The van der Waals surface area contributed by atoms with Crippen LogP contribution in [0.5, 0.6) is 0 Å². The van der Waals surface area contributed by atoms with Crippen LogP contribution in [0.3, 0.4) is 0 Å². The minimum absolute atomic E-state index is 0.0876. The van der Waals surface area contributed by atoms with E-state index in [1.165, 1.54) is 0 Å². The van der Waals surface area contributed by atoms with Crippen LogP contribution in [0, 0.1) is 5.92 Å². The molecule has 0 aromatic carbocycles. The highest BCUT2D eigenvalue weighted by molar-refractivity contribution is 4.99. The summed E-state index contributed by atoms with van der Waals surface area (Å²) in [5.41, 5.74) is 0.913. The molecule has 0 rings (SSSR count). The van der Waals surface area contributed by atoms with Crippen LogP contribution in [-0.4, -0.2) is 23.4 Å². The summed E-state index contributed by atoms with van der Waals surface area (Å²) in [5.74, 6) is 0.164. The van der Waals surface area contributed by atoms with Crippen molar-refractivity contribution in [2.75, 3.05) is 13.2 Å². The first-order valence-electron chi connectivity index (χ1n) is 3.09. The maximum Gasteiger partial charge on any atom is 0.0639 e. The quantitative estimate of drug-likeness (QED) is 0.548. The van der Waals surface area contributed by atoms with Gasteiger partial charge in [0.15, 0.2) is 0 Å². The molecule has 2 heteroatoms. The fraction of sp³-hybridized carbons (Fsp3) is 0.714. The third kappa shape index (κ3) is 4.18. The second-order valence-corrected chi connectivity index (χ2v) is 2.33. The van der Waals surface area contributed by atoms with Crippen LogP contribution < -0.4 is 0 Å². The van der Waals surface area contributed by atoms with Gasteiger partial charge < -0.3 is 10.2 Å². The molecule has 0 aromatic heterocycles. The van der Waals surface area contributed by atoms with E-state index in [9.17, 15) is 0 Å². The number of aliphatic hydroxyl groups excluding tert-OH is 2. The summed E-state index contributed by atoms with van der Waals surface area (Å²) in [7, 11) is 0. The zero-order chi connectivity index (χ0) is 7.28. The van der Waals surface area contributed by atoms with Crippen molar-refractivity contribution in [3.8, 4) is 0 Å². The van der Waals surface area contributed by atoms with Crippen LogP contribution in [0.25, 0.3) is 0 Å². The summed E-state index contributed by atoms with van der Waals surface area (Å²) in [6.45, 7) is 3.98. The lowest BCUT2D eigenvalue weighted by Gasteiger charge is -2.00. The Morgan fingerprint density at radius 3 is 2.44 bits per heavy atom. The van der Waals surface area contributed by atoms with Gasteiger partial charge in [-0.15, -0.1) is 0 Å². The molecule has 0 aromatic rings. The van der Waals surface area contributed by atoms with Crippen molar-refractivity contribution in [2.45, 2.75) is 13.8 Å². The van der Waals surface area contributed by atoms with Crippen molar-refractivity contribution in [3.05, 3.63) is 11.6 Å². The molecule has 0 bridgehead atoms. The van der Waals surface area contributed by atoms with Gasteiger partial charge >= 0.3 is 0 Å². The van der Waals surface area contributed by atoms with Crippen molar-refractivity contribution in [1.29, 1.82) is 0 Å². The van der Waals surface area contributed by atoms with E-state index in [-0.39, 0.29) is 19.1 Å². The molecular weight excluding hydrogens is 116 g/mol. The molecule has 9 heavy (non-hydrogen) atoms. The third-order valence-corrected chi connectivity index (χ3v) is 1.11. The zero-order valence-electron chi connectivity index (χ0n) is 5.96. The van der Waals surface area contributed by atoms with Crippen LogP contribution in [0.2, 0.25) is 0 Å². The average Bonchev–Trinajstić information content (AvgIpc) is 1.87. The lowest BCUT2D eigenvalue weighted by atomic mass is 10.1. The van der Waals surface area contributed by atoms with Gasteiger partial charge in [0, 0.05) is 6.61 Å². The molecule has 0 aliphatic heterocycles. The summed E-state index contributed by atoms with van der Waals surface area (Å²) >= 11 is 0. The Morgan fingerprint density at radius 2 is 2.11 bits per heavy atom. The lowest BCUT2D eigenvalue weighted by Crippen LogP contribution is -1.98. The smallest absolute Gasteiger partial charge is 0.0639 e. The van der Waals surface area contributed by atoms with Gasteiger partial charge in [0.1, 0.15) is 0 Å². The minimum Gasteiger partial charge on any atom is -0.396 e. The summed E-state index contributed by atoms with van der Waals surface area (Å²) < 4.78 is 0. The lowest BCUT2D eigenvalue weighted by molar-refractivity contribution is 0.260. The molecule has 0 radical (unpaired) electrons. The van der Waals surface area contributed by atoms with Gasteiger partial charge in [0.25, 0.3) is 0 Å². The van der Waals surface area contributed by atoms with E-state index in [0.29, 0.717) is 0 Å². The van der Waals surface area contributed by atoms with E-state index < -0.39 is 0 Å². The highest BCUT2D eigenvalue weighted by Crippen LogP contribution is 1.99. The van der Waals surface area contributed by atoms with Gasteiger partial charge in [-0.3, -0.25) is 0 Å². The molecule has 0 spiro atoms. The first-order chi connectivity index (χ1) is 4.20. The van der Waals surface area contributed by atoms with Crippen LogP contribution in [0.1, 0.15) is 13.8 Å². The van der Waals surface area contributed by atoms with E-state index in [4.69, 9.17) is 10.2 Å². The van der Waals surface area contributed by atoms with E-state index in [1.807, 2.05) is 19.9 Å². The molecule has 0 fully saturated rings. The van der Waals surface area contributed by atoms with Crippen molar-refractivity contribution in [3.63, 3.8) is 0 Å². The monoisotopic (exact) mass is 130 g/mol. The maximum atomic E-state index is 8.55. The van der Waals surface area contributed by atoms with Gasteiger partial charge in [-0.1, -0.05) is 18.6 Å². The van der Waals surface area contributed by atoms with Crippen LogP contribution in [0.15, 0.2) is 11.6 Å². The van der Waals surface area contributed by atoms with E-state index >= 15 is 0 Å². The molecule has 1 atom stereocenters. The number of aliphatic hydroxyl groups is 2. The van der Waals surface area contributed by atoms with Gasteiger partial charge in [0.05, 0.1) is 6.61 Å². The fourth-order valence-electron chi connectivity index (χ4n) is 0.591. The summed E-state index contributed by atoms with van der Waals surface area (Å²) in [4.78, 5) is 0. The highest BCUT2D eigenvalue weighted by atomic mass is 16.3. The molecule has 2 nitrogen and oxygen atoms in total. The van der Waals surface area contributed by atoms with Gasteiger partial charge in [-0.2, -0.15) is 0 Å². The highest BCUT2D eigenvalue weighted by Gasteiger charge is 1.93. The number of hydrogen-bond acceptors (Lipinski definition) is 2. The Balaban J connectivity index is 3.64. The van der Waals surface area contributed by atoms with Gasteiger partial charge in [-0.05, 0) is 12.8 Å². The molecule has 0 unspecified atom stereocenters. The summed E-state index contributed by atoms with van der Waals surface area (Å²) in [6, 6.07) is 0. The van der Waals surface area contributed by atoms with Crippen molar-refractivity contribution in [2.24, 2.45) is 5.92 Å². The maximum absolute atomic E-state index is 8.55. The molecule has 0 saturated carbocycles. The summed E-state index contributed by atoms with van der Waals surface area (Å²) in [6.07, 6.45) is 1.86. The largest absolute Gasteiger partial charge is 0.396 e. The Morgan fingerprint density at radius 1 is 1.56 bits per heavy atom. The predicted octanol–water partition coefficient (Wildman–Crippen LogP) is 0.553. The normalized spacial score (nSPS) is 15.8. The standard InChI is InChI=1S/C7H14O2/c1-6(4-8)3-7(2)5-9/h3,6,8-9H,4-5H2,1-2H3/b7-3+/t6-/m0/s1. The first kappa shape index (κ1) is 8.66. The number of hydrogen-bond donors (Lipinski definition) is 2. The second-order valence-electron chi connectivity index (χ2n) is 2.33. The second kappa shape index (κ2) is 4.53. The fourth-order valence-corrected chi connectivity index (χ4v) is 0.591. The topological polar surface area (TPSA) is 40.5 Å². The zero-order valence-corrected chi connectivity index (χ0v) is 5.96. The first-order valence-corrected chi connectivity index (χ1v) is 3.09. The Hall–Kier alpha value is -0.340. The van der Waals surface area contributed by atoms with Gasteiger partial charge in [0.2, 0.25) is 0 Å². The van der Waals surface area contributed by atoms with E-state index in [2.05, 4.69) is 0 Å². The molecule has 54 valence electrons. The third-order valence-electron chi connectivity index (χ3n) is 1.11. The molecule has 0 aliphatic carbocycles. The van der Waals surface area contributed by atoms with Gasteiger partial charge in [-0.25, -0.2) is 0 Å². The molecule has 0 amide bonds. The molecule has 0 aliphatic rings. The van der Waals surface area contributed by atoms with E-state index in [0.717, 1.165) is 5.57 Å². The number of rotatable bonds is 3. The molecule has 0 saturated heterocycles. The van der Waals surface area contributed by atoms with E-state index in [1.54, 1.807) is 0 Å². The van der Waals surface area contributed by atoms with Crippen LogP contribution in [-0.2, 0) is 0 Å². The minimum atomic E-state index is 0.0876. The Kier molecular flexibility index (Phi) is 4.36. The molecular formula is C7H14O2. The van der Waals surface area contributed by atoms with Crippen LogP contribution >= 0.6 is 0 Å². The SMILES string of the molecule is C/C(=C\[C@H](C)CO)CO. The predicted molar refractivity (Wildman–Crippen MR) is 37.1 cm³/mol. The van der Waals surface area contributed by atoms with Crippen molar-refractivity contribution >= 4 is 0 Å². The summed E-state index contributed by atoms with van der Waals surface area (Å²) in [5, 5.41) is 17.1.